The normalized spacial score (nSPS) is 13.5. The molecule has 0 amide bonds. The third kappa shape index (κ3) is 2.97. The number of nitrogens with zero attached hydrogens (tertiary/aromatic N) is 4. The first-order chi connectivity index (χ1) is 10.3. The molecule has 21 heavy (non-hydrogen) atoms. The quantitative estimate of drug-likeness (QED) is 0.810. The van der Waals surface area contributed by atoms with Gasteiger partial charge < -0.3 is 4.74 Å². The van der Waals surface area contributed by atoms with Gasteiger partial charge in [-0.05, 0) is 6.92 Å². The van der Waals surface area contributed by atoms with Gasteiger partial charge in [0.1, 0.15) is 0 Å². The van der Waals surface area contributed by atoms with E-state index in [1.165, 1.54) is 11.8 Å². The van der Waals surface area contributed by atoms with Crippen LogP contribution in [0.2, 0.25) is 0 Å². The molecule has 6 nitrogen and oxygen atoms in total. The molecule has 1 aromatic carbocycles. The fourth-order valence-electron chi connectivity index (χ4n) is 2.00. The van der Waals surface area contributed by atoms with E-state index in [0.29, 0.717) is 18.2 Å². The molecule has 0 saturated carbocycles. The summed E-state index contributed by atoms with van der Waals surface area (Å²) in [6.45, 7) is 2.17. The van der Waals surface area contributed by atoms with Crippen LogP contribution in [0.15, 0.2) is 40.6 Å². The van der Waals surface area contributed by atoms with Crippen LogP contribution in [0, 0.1) is 0 Å². The molecule has 0 atom stereocenters. The van der Waals surface area contributed by atoms with Crippen molar-refractivity contribution in [1.29, 1.82) is 0 Å². The Morgan fingerprint density at radius 2 is 2.14 bits per heavy atom. The van der Waals surface area contributed by atoms with E-state index in [4.69, 9.17) is 4.74 Å². The van der Waals surface area contributed by atoms with Crippen LogP contribution < -0.4 is 0 Å². The van der Waals surface area contributed by atoms with E-state index in [2.05, 4.69) is 15.3 Å². The van der Waals surface area contributed by atoms with Gasteiger partial charge in [0.15, 0.2) is 5.82 Å². The molecule has 0 aliphatic carbocycles. The molecule has 0 radical (unpaired) electrons. The summed E-state index contributed by atoms with van der Waals surface area (Å²) in [5.74, 6) is 1.06. The third-order valence-electron chi connectivity index (χ3n) is 2.91. The number of hydrogen-bond acceptors (Lipinski definition) is 6. The maximum absolute atomic E-state index is 11.6. The summed E-state index contributed by atoms with van der Waals surface area (Å²) in [6.07, 6.45) is 0.201. The zero-order valence-corrected chi connectivity index (χ0v) is 12.3. The first-order valence-electron chi connectivity index (χ1n) is 6.64. The number of ether oxygens (including phenoxy) is 1. The molecule has 3 rings (SSSR count). The first kappa shape index (κ1) is 13.8. The lowest BCUT2D eigenvalue weighted by molar-refractivity contribution is -0.141. The molecule has 0 spiro atoms. The summed E-state index contributed by atoms with van der Waals surface area (Å²) in [4.78, 5) is 11.6. The number of aromatic nitrogens is 3. The highest BCUT2D eigenvalue weighted by molar-refractivity contribution is 7.99. The Morgan fingerprint density at radius 1 is 1.33 bits per heavy atom. The second-order valence-electron chi connectivity index (χ2n) is 4.42. The van der Waals surface area contributed by atoms with Crippen LogP contribution in [0.1, 0.15) is 13.3 Å². The second-order valence-corrected chi connectivity index (χ2v) is 5.36. The van der Waals surface area contributed by atoms with E-state index < -0.39 is 0 Å². The van der Waals surface area contributed by atoms with E-state index >= 15 is 0 Å². The molecule has 0 bridgehead atoms. The molecule has 1 aromatic heterocycles. The topological polar surface area (TPSA) is 69.4 Å². The minimum absolute atomic E-state index is 0.201. The van der Waals surface area contributed by atoms with Gasteiger partial charge >= 0.3 is 5.97 Å². The Labute approximate surface area is 126 Å². The van der Waals surface area contributed by atoms with Gasteiger partial charge in [0.05, 0.1) is 18.7 Å². The lowest BCUT2D eigenvalue weighted by atomic mass is 10.2. The third-order valence-corrected chi connectivity index (χ3v) is 3.90. The number of benzene rings is 1. The summed E-state index contributed by atoms with van der Waals surface area (Å²) in [5.41, 5.74) is 1.71. The van der Waals surface area contributed by atoms with Crippen LogP contribution in [0.5, 0.6) is 0 Å². The fourth-order valence-corrected chi connectivity index (χ4v) is 2.80. The lowest BCUT2D eigenvalue weighted by Crippen LogP contribution is -2.18. The van der Waals surface area contributed by atoms with Gasteiger partial charge in [-0.2, -0.15) is 9.78 Å². The van der Waals surface area contributed by atoms with Crippen LogP contribution in [-0.4, -0.2) is 38.9 Å². The summed E-state index contributed by atoms with van der Waals surface area (Å²) in [5, 5.41) is 13.6. The monoisotopic (exact) mass is 302 g/mol. The van der Waals surface area contributed by atoms with Crippen molar-refractivity contribution in [2.24, 2.45) is 5.10 Å². The average Bonchev–Trinajstić information content (AvgIpc) is 2.91. The number of fused-ring (bicyclic) bond motifs is 1. The molecule has 1 aliphatic rings. The molecule has 0 saturated heterocycles. The van der Waals surface area contributed by atoms with Crippen molar-refractivity contribution in [3.05, 3.63) is 30.3 Å². The Morgan fingerprint density at radius 3 is 2.90 bits per heavy atom. The van der Waals surface area contributed by atoms with Gasteiger partial charge in [-0.25, -0.2) is 0 Å². The largest absolute Gasteiger partial charge is 0.466 e. The van der Waals surface area contributed by atoms with Crippen molar-refractivity contribution in [3.63, 3.8) is 0 Å². The standard InChI is InChI=1S/C14H14N4O2S/c1-2-20-12(19)8-11-9-21-14-16-15-13(18(14)17-11)10-6-4-3-5-7-10/h3-7H,2,8-9H2,1H3. The van der Waals surface area contributed by atoms with E-state index in [0.717, 1.165) is 16.4 Å². The highest BCUT2D eigenvalue weighted by Crippen LogP contribution is 2.27. The Bertz CT molecular complexity index is 682. The van der Waals surface area contributed by atoms with Crippen LogP contribution in [0.25, 0.3) is 11.4 Å². The zero-order chi connectivity index (χ0) is 14.7. The molecule has 2 aromatic rings. The van der Waals surface area contributed by atoms with Crippen LogP contribution in [0.4, 0.5) is 0 Å². The van der Waals surface area contributed by atoms with Crippen LogP contribution in [0.3, 0.4) is 0 Å². The lowest BCUT2D eigenvalue weighted by Gasteiger charge is -2.13. The molecular weight excluding hydrogens is 288 g/mol. The van der Waals surface area contributed by atoms with Crippen LogP contribution in [-0.2, 0) is 9.53 Å². The van der Waals surface area contributed by atoms with Crippen molar-refractivity contribution in [2.75, 3.05) is 12.4 Å². The molecule has 0 fully saturated rings. The predicted molar refractivity (Wildman–Crippen MR) is 80.3 cm³/mol. The van der Waals surface area contributed by atoms with E-state index in [1.54, 1.807) is 11.6 Å². The molecular formula is C14H14N4O2S. The van der Waals surface area contributed by atoms with Gasteiger partial charge in [-0.1, -0.05) is 42.1 Å². The molecule has 2 heterocycles. The minimum atomic E-state index is -0.255. The maximum Gasteiger partial charge on any atom is 0.311 e. The summed E-state index contributed by atoms with van der Waals surface area (Å²) in [7, 11) is 0. The van der Waals surface area contributed by atoms with Crippen molar-refractivity contribution in [1.82, 2.24) is 14.9 Å². The predicted octanol–water partition coefficient (Wildman–Crippen LogP) is 2.21. The molecule has 0 N–H and O–H groups in total. The van der Waals surface area contributed by atoms with E-state index in [-0.39, 0.29) is 12.4 Å². The van der Waals surface area contributed by atoms with Crippen molar-refractivity contribution in [2.45, 2.75) is 18.5 Å². The Hall–Kier alpha value is -2.15. The average molecular weight is 302 g/mol. The Balaban J connectivity index is 1.89. The van der Waals surface area contributed by atoms with Gasteiger partial charge in [-0.15, -0.1) is 10.2 Å². The number of thioether (sulfide) groups is 1. The molecule has 108 valence electrons. The van der Waals surface area contributed by atoms with E-state index in [9.17, 15) is 4.79 Å². The zero-order valence-electron chi connectivity index (χ0n) is 11.5. The first-order valence-corrected chi connectivity index (χ1v) is 7.62. The fraction of sp³-hybridized carbons (Fsp3) is 0.286. The van der Waals surface area contributed by atoms with Crippen molar-refractivity contribution < 1.29 is 9.53 Å². The van der Waals surface area contributed by atoms with Gasteiger partial charge in [0.25, 0.3) is 0 Å². The number of esters is 1. The van der Waals surface area contributed by atoms with Gasteiger partial charge in [-0.3, -0.25) is 4.79 Å². The molecule has 7 heteroatoms. The van der Waals surface area contributed by atoms with Crippen LogP contribution >= 0.6 is 11.8 Å². The highest BCUT2D eigenvalue weighted by atomic mass is 32.2. The van der Waals surface area contributed by atoms with Crippen molar-refractivity contribution >= 4 is 23.4 Å². The Kier molecular flexibility index (Phi) is 4.01. The van der Waals surface area contributed by atoms with E-state index in [1.807, 2.05) is 30.3 Å². The summed E-state index contributed by atoms with van der Waals surface area (Å²) >= 11 is 1.52. The summed E-state index contributed by atoms with van der Waals surface area (Å²) in [6, 6.07) is 9.74. The highest BCUT2D eigenvalue weighted by Gasteiger charge is 2.21. The number of hydrogen-bond donors (Lipinski definition) is 0. The second kappa shape index (κ2) is 6.09. The van der Waals surface area contributed by atoms with Gasteiger partial charge in [0.2, 0.25) is 5.16 Å². The number of carbonyl (C=O) groups excluding carboxylic acids is 1. The minimum Gasteiger partial charge on any atom is -0.466 e. The van der Waals surface area contributed by atoms with Crippen molar-refractivity contribution in [3.8, 4) is 11.4 Å². The SMILES string of the molecule is CCOC(=O)CC1=Nn2c(nnc2-c2ccccc2)SC1. The molecule has 0 unspecified atom stereocenters. The molecule has 1 aliphatic heterocycles. The number of rotatable bonds is 4. The smallest absolute Gasteiger partial charge is 0.311 e. The number of carbonyl (C=O) groups is 1. The van der Waals surface area contributed by atoms with Gasteiger partial charge in [0, 0.05) is 11.3 Å². The summed E-state index contributed by atoms with van der Waals surface area (Å²) < 4.78 is 6.65. The maximum atomic E-state index is 11.6.